The summed E-state index contributed by atoms with van der Waals surface area (Å²) in [5.74, 6) is -0.265. The molecule has 12 heteroatoms. The summed E-state index contributed by atoms with van der Waals surface area (Å²) in [5.41, 5.74) is -1.45. The van der Waals surface area contributed by atoms with Crippen molar-refractivity contribution in [1.82, 2.24) is 29.0 Å². The molecule has 0 saturated carbocycles. The van der Waals surface area contributed by atoms with Gasteiger partial charge in [0, 0.05) is 25.2 Å². The molecule has 1 amide bonds. The molecule has 1 aliphatic heterocycles. The molecule has 0 radical (unpaired) electrons. The molecule has 38 heavy (non-hydrogen) atoms. The molecule has 0 N–H and O–H groups in total. The van der Waals surface area contributed by atoms with Crippen molar-refractivity contribution in [2.75, 3.05) is 20.2 Å². The summed E-state index contributed by atoms with van der Waals surface area (Å²) in [6, 6.07) is 4.20. The van der Waals surface area contributed by atoms with E-state index in [4.69, 9.17) is 4.74 Å². The molecule has 0 bridgehead atoms. The van der Waals surface area contributed by atoms with Crippen molar-refractivity contribution in [3.8, 4) is 10.8 Å². The van der Waals surface area contributed by atoms with Gasteiger partial charge in [0.1, 0.15) is 26.9 Å². The van der Waals surface area contributed by atoms with E-state index >= 15 is 0 Å². The second-order valence-corrected chi connectivity index (χ2v) is 10.5. The first kappa shape index (κ1) is 25.6. The van der Waals surface area contributed by atoms with E-state index in [0.717, 1.165) is 4.57 Å². The summed E-state index contributed by atoms with van der Waals surface area (Å²) in [5, 5.41) is 9.29. The van der Waals surface area contributed by atoms with Crippen LogP contribution in [0.15, 0.2) is 52.3 Å². The predicted molar refractivity (Wildman–Crippen MR) is 142 cm³/mol. The van der Waals surface area contributed by atoms with Gasteiger partial charge in [0.25, 0.3) is 5.56 Å². The van der Waals surface area contributed by atoms with Gasteiger partial charge in [-0.2, -0.15) is 10.2 Å². The van der Waals surface area contributed by atoms with Crippen LogP contribution in [0.4, 0.5) is 4.39 Å². The highest BCUT2D eigenvalue weighted by Gasteiger charge is 2.38. The van der Waals surface area contributed by atoms with E-state index in [2.05, 4.69) is 10.2 Å². The number of carbonyl (C=O) groups is 1. The Labute approximate surface area is 221 Å². The Kier molecular flexibility index (Phi) is 6.51. The fourth-order valence-corrected chi connectivity index (χ4v) is 6.07. The number of thiophene rings is 1. The van der Waals surface area contributed by atoms with Gasteiger partial charge in [0.05, 0.1) is 24.9 Å². The highest BCUT2D eigenvalue weighted by atomic mass is 32.1. The Balaban J connectivity index is 1.72. The minimum Gasteiger partial charge on any atom is -0.496 e. The van der Waals surface area contributed by atoms with Crippen LogP contribution in [0.1, 0.15) is 25.0 Å². The maximum Gasteiger partial charge on any atom is 0.333 e. The summed E-state index contributed by atoms with van der Waals surface area (Å²) in [6.07, 6.45) is 7.05. The van der Waals surface area contributed by atoms with Crippen molar-refractivity contribution in [3.05, 3.63) is 80.5 Å². The average Bonchev–Trinajstić information content (AvgIpc) is 3.65. The lowest BCUT2D eigenvalue weighted by atomic mass is 10.0. The first-order valence-corrected chi connectivity index (χ1v) is 12.9. The minimum absolute atomic E-state index is 0.122. The van der Waals surface area contributed by atoms with Gasteiger partial charge < -0.3 is 9.64 Å². The van der Waals surface area contributed by atoms with E-state index in [1.807, 2.05) is 12.2 Å². The van der Waals surface area contributed by atoms with Gasteiger partial charge in [0.2, 0.25) is 5.91 Å². The van der Waals surface area contributed by atoms with Crippen molar-refractivity contribution in [2.24, 2.45) is 0 Å². The lowest BCUT2D eigenvalue weighted by Gasteiger charge is -2.31. The predicted octanol–water partition coefficient (Wildman–Crippen LogP) is 2.64. The molecule has 0 aliphatic carbocycles. The second-order valence-electron chi connectivity index (χ2n) is 9.55. The van der Waals surface area contributed by atoms with E-state index in [1.54, 1.807) is 25.7 Å². The van der Waals surface area contributed by atoms with Crippen molar-refractivity contribution in [1.29, 1.82) is 0 Å². The van der Waals surface area contributed by atoms with Gasteiger partial charge in [-0.3, -0.25) is 14.2 Å². The molecule has 5 rings (SSSR count). The molecule has 3 aromatic heterocycles. The number of halogens is 1. The van der Waals surface area contributed by atoms with Crippen LogP contribution in [-0.4, -0.2) is 55.1 Å². The molecule has 198 valence electrons. The topological polar surface area (TPSA) is 104 Å². The summed E-state index contributed by atoms with van der Waals surface area (Å²) in [6.45, 7) is 5.89. The van der Waals surface area contributed by atoms with E-state index in [1.165, 1.54) is 58.4 Å². The fraction of sp³-hybridized carbons (Fsp3) is 0.346. The first-order chi connectivity index (χ1) is 18.1. The molecule has 10 nitrogen and oxygen atoms in total. The van der Waals surface area contributed by atoms with Gasteiger partial charge in [-0.25, -0.2) is 13.8 Å². The Morgan fingerprint density at radius 3 is 2.50 bits per heavy atom. The third-order valence-electron chi connectivity index (χ3n) is 6.82. The van der Waals surface area contributed by atoms with Crippen LogP contribution in [0.5, 0.6) is 5.75 Å². The highest BCUT2D eigenvalue weighted by molar-refractivity contribution is 7.21. The third kappa shape index (κ3) is 4.14. The van der Waals surface area contributed by atoms with Crippen LogP contribution < -0.4 is 16.0 Å². The molecule has 1 aromatic carbocycles. The fourth-order valence-electron chi connectivity index (χ4n) is 4.84. The quantitative estimate of drug-likeness (QED) is 0.335. The number of hydrogen-bond donors (Lipinski definition) is 0. The number of rotatable bonds is 7. The maximum absolute atomic E-state index is 14.0. The lowest BCUT2D eigenvalue weighted by Crippen LogP contribution is -2.56. The van der Waals surface area contributed by atoms with Crippen molar-refractivity contribution < 1.29 is 13.9 Å². The van der Waals surface area contributed by atoms with E-state index < -0.39 is 22.6 Å². The molecule has 4 heterocycles. The van der Waals surface area contributed by atoms with Crippen molar-refractivity contribution in [2.45, 2.75) is 39.3 Å². The number of aromatic nitrogens is 5. The van der Waals surface area contributed by atoms with Crippen LogP contribution in [0, 0.1) is 12.7 Å². The number of nitrogens with zero attached hydrogens (tertiary/aromatic N) is 6. The molecule has 0 unspecified atom stereocenters. The lowest BCUT2D eigenvalue weighted by molar-refractivity contribution is -0.138. The molecule has 0 fully saturated rings. The van der Waals surface area contributed by atoms with Gasteiger partial charge in [-0.05, 0) is 51.0 Å². The highest BCUT2D eigenvalue weighted by Crippen LogP contribution is 2.31. The number of ether oxygens (including phenoxy) is 1. The number of methoxy groups -OCH3 is 1. The van der Waals surface area contributed by atoms with E-state index in [-0.39, 0.29) is 18.9 Å². The SMILES string of the molecule is COc1ccc(F)cc1CCn1c(=O)n(C(C)(C)C(=O)N2CC=CC2)c(=O)c2c(C)c(-n3nccn3)sc21. The largest absolute Gasteiger partial charge is 0.496 e. The Morgan fingerprint density at radius 2 is 1.84 bits per heavy atom. The van der Waals surface area contributed by atoms with E-state index in [0.29, 0.717) is 45.2 Å². The van der Waals surface area contributed by atoms with Gasteiger partial charge in [-0.15, -0.1) is 4.80 Å². The number of benzene rings is 1. The zero-order valence-electron chi connectivity index (χ0n) is 21.5. The minimum atomic E-state index is -1.45. The molecular weight excluding hydrogens is 511 g/mol. The molecular formula is C26H27FN6O4S. The molecule has 0 atom stereocenters. The van der Waals surface area contributed by atoms with E-state index in [9.17, 15) is 18.8 Å². The van der Waals surface area contributed by atoms with Gasteiger partial charge in [0.15, 0.2) is 0 Å². The summed E-state index contributed by atoms with van der Waals surface area (Å²) in [7, 11) is 1.49. The number of amides is 1. The van der Waals surface area contributed by atoms with Gasteiger partial charge in [-0.1, -0.05) is 23.5 Å². The zero-order valence-corrected chi connectivity index (χ0v) is 22.3. The second kappa shape index (κ2) is 9.67. The Hall–Kier alpha value is -4.06. The van der Waals surface area contributed by atoms with Crippen LogP contribution in [0.3, 0.4) is 0 Å². The normalized spacial score (nSPS) is 13.6. The maximum atomic E-state index is 14.0. The Bertz CT molecular complexity index is 1670. The molecule has 4 aromatic rings. The molecule has 0 saturated heterocycles. The van der Waals surface area contributed by atoms with Crippen LogP contribution in [-0.2, 0) is 23.3 Å². The summed E-state index contributed by atoms with van der Waals surface area (Å²) in [4.78, 5) is 44.9. The average molecular weight is 539 g/mol. The number of hydrogen-bond acceptors (Lipinski definition) is 7. The van der Waals surface area contributed by atoms with Crippen LogP contribution in [0.2, 0.25) is 0 Å². The molecule has 1 aliphatic rings. The van der Waals surface area contributed by atoms with Crippen LogP contribution >= 0.6 is 11.3 Å². The molecule has 0 spiro atoms. The first-order valence-electron chi connectivity index (χ1n) is 12.1. The monoisotopic (exact) mass is 538 g/mol. The van der Waals surface area contributed by atoms with Crippen molar-refractivity contribution in [3.63, 3.8) is 0 Å². The smallest absolute Gasteiger partial charge is 0.333 e. The summed E-state index contributed by atoms with van der Waals surface area (Å²) < 4.78 is 21.9. The Morgan fingerprint density at radius 1 is 1.16 bits per heavy atom. The number of fused-ring (bicyclic) bond motifs is 1. The standard InChI is InChI=1S/C26H27FN6O4S/c1-16-20-21(34)32(26(2,3)24(35)30-12-5-6-13-30)25(36)31(23(20)38-22(16)33-28-10-11-29-33)14-9-17-15-18(27)7-8-19(17)37-4/h5-8,10-11,15H,9,12-14H2,1-4H3. The third-order valence-corrected chi connectivity index (χ3v) is 8.10. The van der Waals surface area contributed by atoms with Crippen molar-refractivity contribution >= 4 is 27.5 Å². The van der Waals surface area contributed by atoms with Crippen LogP contribution in [0.25, 0.3) is 15.2 Å². The zero-order chi connectivity index (χ0) is 27.2. The number of carbonyl (C=O) groups excluding carboxylic acids is 1. The van der Waals surface area contributed by atoms with Gasteiger partial charge >= 0.3 is 5.69 Å². The number of aryl methyl sites for hydroxylation is 3. The summed E-state index contributed by atoms with van der Waals surface area (Å²) >= 11 is 1.21.